The Morgan fingerprint density at radius 2 is 1.53 bits per heavy atom. The molecule has 0 spiro atoms. The highest BCUT2D eigenvalue weighted by Crippen LogP contribution is 2.38. The number of pyridine rings is 1. The maximum atomic E-state index is 10.3. The molecular weight excluding hydrogens is 508 g/mol. The number of aromatic nitrogens is 2. The molecule has 5 aromatic rings. The summed E-state index contributed by atoms with van der Waals surface area (Å²) in [7, 11) is 0. The third-order valence-corrected chi connectivity index (χ3v) is 5.80. The lowest BCUT2D eigenvalue weighted by atomic mass is 10.0. The molecule has 5 nitrogen and oxygen atoms in total. The number of hydrogen-bond donors (Lipinski definition) is 2. The normalized spacial score (nSPS) is 11.7. The Labute approximate surface area is 188 Å². The predicted octanol–water partition coefficient (Wildman–Crippen LogP) is 8.03. The van der Waals surface area contributed by atoms with Crippen molar-refractivity contribution < 1.29 is 5.11 Å². The molecule has 2 heterocycles. The quantitative estimate of drug-likeness (QED) is 0.236. The highest BCUT2D eigenvalue weighted by atomic mass is 79.9. The molecule has 30 heavy (non-hydrogen) atoms. The summed E-state index contributed by atoms with van der Waals surface area (Å²) in [4.78, 5) is 7.57. The van der Waals surface area contributed by atoms with Gasteiger partial charge in [-0.25, -0.2) is 4.98 Å². The van der Waals surface area contributed by atoms with Crippen LogP contribution in [0.5, 0.6) is 5.88 Å². The van der Waals surface area contributed by atoms with Gasteiger partial charge in [0.15, 0.2) is 11.5 Å². The Morgan fingerprint density at radius 3 is 2.33 bits per heavy atom. The number of hydrogen-bond acceptors (Lipinski definition) is 4. The van der Waals surface area contributed by atoms with Crippen molar-refractivity contribution in [2.24, 2.45) is 10.2 Å². The van der Waals surface area contributed by atoms with E-state index in [1.165, 1.54) is 0 Å². The number of rotatable bonds is 3. The summed E-state index contributed by atoms with van der Waals surface area (Å²) in [6.45, 7) is 0. The fraction of sp³-hybridized carbons (Fsp3) is 0. The molecule has 0 saturated carbocycles. The zero-order valence-electron chi connectivity index (χ0n) is 15.5. The number of fused-ring (bicyclic) bond motifs is 2. The smallest absolute Gasteiger partial charge is 0.218 e. The molecule has 0 aliphatic rings. The monoisotopic (exact) mass is 520 g/mol. The molecule has 2 N–H and O–H groups in total. The van der Waals surface area contributed by atoms with E-state index in [4.69, 9.17) is 0 Å². The van der Waals surface area contributed by atoms with E-state index in [1.807, 2.05) is 54.6 Å². The molecule has 0 aliphatic heterocycles. The standard InChI is InChI=1S/C23H14Br2N4O/c24-14-6-8-19-17(10-14)16(13-4-2-1-3-5-13)12-21(26-19)28-29-22-18-11-15(25)7-9-20(18)27-23(22)30/h1-12,27,30H. The second kappa shape index (κ2) is 7.66. The first-order chi connectivity index (χ1) is 14.6. The summed E-state index contributed by atoms with van der Waals surface area (Å²) >= 11 is 7.00. The van der Waals surface area contributed by atoms with Gasteiger partial charge in [-0.1, -0.05) is 62.2 Å². The first-order valence-corrected chi connectivity index (χ1v) is 10.7. The fourth-order valence-electron chi connectivity index (χ4n) is 3.43. The van der Waals surface area contributed by atoms with Crippen molar-refractivity contribution in [3.63, 3.8) is 0 Å². The molecule has 0 fully saturated rings. The number of aromatic hydroxyl groups is 1. The van der Waals surface area contributed by atoms with Crippen LogP contribution < -0.4 is 0 Å². The summed E-state index contributed by atoms with van der Waals surface area (Å²) in [5.74, 6) is 0.437. The van der Waals surface area contributed by atoms with Gasteiger partial charge < -0.3 is 10.1 Å². The van der Waals surface area contributed by atoms with Crippen LogP contribution in [-0.2, 0) is 0 Å². The highest BCUT2D eigenvalue weighted by molar-refractivity contribution is 9.10. The molecule has 7 heteroatoms. The number of nitrogens with zero attached hydrogens (tertiary/aromatic N) is 3. The van der Waals surface area contributed by atoms with Crippen molar-refractivity contribution in [1.82, 2.24) is 9.97 Å². The van der Waals surface area contributed by atoms with Crippen LogP contribution in [0.2, 0.25) is 0 Å². The molecule has 0 unspecified atom stereocenters. The fourth-order valence-corrected chi connectivity index (χ4v) is 4.15. The predicted molar refractivity (Wildman–Crippen MR) is 127 cm³/mol. The number of halogens is 2. The topological polar surface area (TPSA) is 73.6 Å². The van der Waals surface area contributed by atoms with Crippen molar-refractivity contribution in [1.29, 1.82) is 0 Å². The molecule has 0 atom stereocenters. The van der Waals surface area contributed by atoms with E-state index in [0.717, 1.165) is 41.9 Å². The van der Waals surface area contributed by atoms with Crippen LogP contribution in [0.25, 0.3) is 32.9 Å². The van der Waals surface area contributed by atoms with Gasteiger partial charge in [0.1, 0.15) is 0 Å². The van der Waals surface area contributed by atoms with E-state index in [2.05, 4.69) is 70.3 Å². The van der Waals surface area contributed by atoms with Crippen LogP contribution in [0.4, 0.5) is 11.5 Å². The van der Waals surface area contributed by atoms with Crippen molar-refractivity contribution in [3.05, 3.63) is 81.7 Å². The minimum Gasteiger partial charge on any atom is -0.493 e. The van der Waals surface area contributed by atoms with E-state index in [9.17, 15) is 5.11 Å². The van der Waals surface area contributed by atoms with Crippen molar-refractivity contribution in [2.75, 3.05) is 0 Å². The van der Waals surface area contributed by atoms with E-state index < -0.39 is 0 Å². The van der Waals surface area contributed by atoms with Gasteiger partial charge in [-0.2, -0.15) is 0 Å². The first kappa shape index (κ1) is 19.0. The Kier molecular flexibility index (Phi) is 4.84. The Hall–Kier alpha value is -3.03. The Balaban J connectivity index is 1.66. The molecule has 0 aliphatic carbocycles. The number of aromatic amines is 1. The lowest BCUT2D eigenvalue weighted by Crippen LogP contribution is -1.86. The molecular formula is C23H14Br2N4O. The maximum absolute atomic E-state index is 10.3. The highest BCUT2D eigenvalue weighted by Gasteiger charge is 2.12. The molecule has 0 amide bonds. The van der Waals surface area contributed by atoms with Gasteiger partial charge in [0.2, 0.25) is 5.88 Å². The minimum atomic E-state index is -0.0279. The van der Waals surface area contributed by atoms with Gasteiger partial charge in [-0.15, -0.1) is 10.2 Å². The molecule has 0 bridgehead atoms. The van der Waals surface area contributed by atoms with Crippen molar-refractivity contribution in [3.8, 4) is 17.0 Å². The Bertz CT molecular complexity index is 1430. The maximum Gasteiger partial charge on any atom is 0.218 e. The van der Waals surface area contributed by atoms with E-state index in [-0.39, 0.29) is 5.88 Å². The van der Waals surface area contributed by atoms with E-state index >= 15 is 0 Å². The zero-order chi connectivity index (χ0) is 20.7. The summed E-state index contributed by atoms with van der Waals surface area (Å²) < 4.78 is 1.88. The molecule has 2 aromatic heterocycles. The molecule has 0 radical (unpaired) electrons. The van der Waals surface area contributed by atoms with Gasteiger partial charge in [-0.3, -0.25) is 0 Å². The van der Waals surface area contributed by atoms with Gasteiger partial charge in [0.05, 0.1) is 11.0 Å². The number of H-pyrrole nitrogens is 1. The third-order valence-electron chi connectivity index (χ3n) is 4.81. The zero-order valence-corrected chi connectivity index (χ0v) is 18.6. The van der Waals surface area contributed by atoms with E-state index in [1.54, 1.807) is 0 Å². The largest absolute Gasteiger partial charge is 0.493 e. The number of nitrogens with one attached hydrogen (secondary N) is 1. The Morgan fingerprint density at radius 1 is 0.800 bits per heavy atom. The average Bonchev–Trinajstić information content (AvgIpc) is 3.06. The van der Waals surface area contributed by atoms with Gasteiger partial charge >= 0.3 is 0 Å². The van der Waals surface area contributed by atoms with Gasteiger partial charge in [0, 0.05) is 19.7 Å². The van der Waals surface area contributed by atoms with Crippen molar-refractivity contribution in [2.45, 2.75) is 0 Å². The van der Waals surface area contributed by atoms with Crippen molar-refractivity contribution >= 4 is 65.2 Å². The molecule has 3 aromatic carbocycles. The molecule has 5 rings (SSSR count). The van der Waals surface area contributed by atoms with Gasteiger partial charge in [0.25, 0.3) is 0 Å². The minimum absolute atomic E-state index is 0.0279. The van der Waals surface area contributed by atoms with Crippen LogP contribution >= 0.6 is 31.9 Å². The second-order valence-corrected chi connectivity index (χ2v) is 8.60. The van der Waals surface area contributed by atoms with Crippen LogP contribution in [0.15, 0.2) is 92.0 Å². The van der Waals surface area contributed by atoms with Crippen LogP contribution in [0.3, 0.4) is 0 Å². The SMILES string of the molecule is Oc1[nH]c2ccc(Br)cc2c1N=Nc1cc(-c2ccccc2)c2cc(Br)ccc2n1. The molecule has 0 saturated heterocycles. The average molecular weight is 522 g/mol. The summed E-state index contributed by atoms with van der Waals surface area (Å²) in [5, 5.41) is 20.8. The van der Waals surface area contributed by atoms with Crippen LogP contribution in [-0.4, -0.2) is 15.1 Å². The summed E-state index contributed by atoms with van der Waals surface area (Å²) in [5.41, 5.74) is 4.07. The summed E-state index contributed by atoms with van der Waals surface area (Å²) in [6.07, 6.45) is 0. The molecule has 146 valence electrons. The van der Waals surface area contributed by atoms with Gasteiger partial charge in [-0.05, 0) is 53.6 Å². The first-order valence-electron chi connectivity index (χ1n) is 9.16. The second-order valence-electron chi connectivity index (χ2n) is 6.77. The number of azo groups is 1. The number of benzene rings is 3. The van der Waals surface area contributed by atoms with E-state index in [0.29, 0.717) is 11.5 Å². The lowest BCUT2D eigenvalue weighted by Gasteiger charge is -2.08. The van der Waals surface area contributed by atoms with Crippen LogP contribution in [0, 0.1) is 0 Å². The third kappa shape index (κ3) is 3.51. The summed E-state index contributed by atoms with van der Waals surface area (Å²) in [6, 6.07) is 23.6. The lowest BCUT2D eigenvalue weighted by molar-refractivity contribution is 0.459. The van der Waals surface area contributed by atoms with Crippen LogP contribution in [0.1, 0.15) is 0 Å².